The van der Waals surface area contributed by atoms with Gasteiger partial charge in [0.05, 0.1) is 13.7 Å². The van der Waals surface area contributed by atoms with Crippen molar-refractivity contribution in [2.75, 3.05) is 47.5 Å². The van der Waals surface area contributed by atoms with Gasteiger partial charge >= 0.3 is 0 Å². The van der Waals surface area contributed by atoms with Crippen LogP contribution in [0.1, 0.15) is 24.8 Å². The van der Waals surface area contributed by atoms with Crippen LogP contribution in [-0.4, -0.2) is 58.4 Å². The quantitative estimate of drug-likeness (QED) is 0.646. The summed E-state index contributed by atoms with van der Waals surface area (Å²) in [6.45, 7) is 5.91. The van der Waals surface area contributed by atoms with Crippen molar-refractivity contribution < 1.29 is 9.47 Å². The minimum Gasteiger partial charge on any atom is -0.496 e. The van der Waals surface area contributed by atoms with E-state index in [9.17, 15) is 0 Å². The van der Waals surface area contributed by atoms with Crippen molar-refractivity contribution in [3.05, 3.63) is 29.8 Å². The first-order valence-corrected chi connectivity index (χ1v) is 8.27. The second kappa shape index (κ2) is 8.77. The molecule has 5 heteroatoms. The van der Waals surface area contributed by atoms with Crippen molar-refractivity contribution in [1.82, 2.24) is 10.2 Å². The second-order valence-electron chi connectivity index (χ2n) is 6.13. The molecule has 0 spiro atoms. The number of hydrogen-bond donors (Lipinski definition) is 1. The van der Waals surface area contributed by atoms with Crippen LogP contribution >= 0.6 is 0 Å². The van der Waals surface area contributed by atoms with Gasteiger partial charge in [-0.2, -0.15) is 0 Å². The van der Waals surface area contributed by atoms with Crippen LogP contribution in [0, 0.1) is 5.92 Å². The van der Waals surface area contributed by atoms with E-state index in [4.69, 9.17) is 9.47 Å². The van der Waals surface area contributed by atoms with Crippen LogP contribution in [0.15, 0.2) is 29.3 Å². The molecule has 1 aromatic rings. The molecule has 1 heterocycles. The summed E-state index contributed by atoms with van der Waals surface area (Å²) in [5, 5.41) is 3.50. The van der Waals surface area contributed by atoms with Crippen LogP contribution < -0.4 is 10.1 Å². The van der Waals surface area contributed by atoms with Gasteiger partial charge in [0.2, 0.25) is 0 Å². The Kier molecular flexibility index (Phi) is 6.71. The standard InChI is InChI=1S/C18H29N3O2/c1-14(16-7-5-6-8-17(16)23-4)11-20-18(19-2)21-10-9-15(12-21)13-22-3/h5-8,14-15H,9-13H2,1-4H3,(H,19,20). The fraction of sp³-hybridized carbons (Fsp3) is 0.611. The molecule has 1 saturated heterocycles. The minimum absolute atomic E-state index is 0.347. The fourth-order valence-corrected chi connectivity index (χ4v) is 3.16. The molecular weight excluding hydrogens is 290 g/mol. The summed E-state index contributed by atoms with van der Waals surface area (Å²) in [5.41, 5.74) is 1.22. The van der Waals surface area contributed by atoms with Gasteiger partial charge in [-0.1, -0.05) is 25.1 Å². The highest BCUT2D eigenvalue weighted by Crippen LogP contribution is 2.25. The summed E-state index contributed by atoms with van der Waals surface area (Å²) in [4.78, 5) is 6.75. The number of likely N-dealkylation sites (tertiary alicyclic amines) is 1. The summed E-state index contributed by atoms with van der Waals surface area (Å²) < 4.78 is 10.7. The number of methoxy groups -OCH3 is 2. The molecule has 2 rings (SSSR count). The lowest BCUT2D eigenvalue weighted by molar-refractivity contribution is 0.157. The normalized spacial score (nSPS) is 19.7. The summed E-state index contributed by atoms with van der Waals surface area (Å²) in [6, 6.07) is 8.19. The van der Waals surface area contributed by atoms with Gasteiger partial charge in [-0.25, -0.2) is 0 Å². The molecule has 1 fully saturated rings. The number of nitrogens with zero attached hydrogens (tertiary/aromatic N) is 2. The van der Waals surface area contributed by atoms with Crippen molar-refractivity contribution in [3.63, 3.8) is 0 Å². The molecule has 0 aromatic heterocycles. The third kappa shape index (κ3) is 4.61. The summed E-state index contributed by atoms with van der Waals surface area (Å²) >= 11 is 0. The Morgan fingerprint density at radius 1 is 1.39 bits per heavy atom. The molecule has 23 heavy (non-hydrogen) atoms. The third-order valence-corrected chi connectivity index (χ3v) is 4.44. The lowest BCUT2D eigenvalue weighted by atomic mass is 10.0. The highest BCUT2D eigenvalue weighted by molar-refractivity contribution is 5.80. The first kappa shape index (κ1) is 17.6. The van der Waals surface area contributed by atoms with Crippen LogP contribution in [0.2, 0.25) is 0 Å². The van der Waals surface area contributed by atoms with Gasteiger partial charge in [-0.3, -0.25) is 4.99 Å². The maximum atomic E-state index is 5.46. The largest absolute Gasteiger partial charge is 0.496 e. The molecule has 1 N–H and O–H groups in total. The Bertz CT molecular complexity index is 519. The zero-order chi connectivity index (χ0) is 16.7. The van der Waals surface area contributed by atoms with E-state index in [2.05, 4.69) is 34.3 Å². The zero-order valence-electron chi connectivity index (χ0n) is 14.7. The van der Waals surface area contributed by atoms with Crippen molar-refractivity contribution in [2.45, 2.75) is 19.3 Å². The molecule has 0 saturated carbocycles. The van der Waals surface area contributed by atoms with Crippen LogP contribution in [0.5, 0.6) is 5.75 Å². The van der Waals surface area contributed by atoms with E-state index in [1.807, 2.05) is 19.2 Å². The molecular formula is C18H29N3O2. The summed E-state index contributed by atoms with van der Waals surface area (Å²) in [7, 11) is 5.34. The van der Waals surface area contributed by atoms with E-state index < -0.39 is 0 Å². The van der Waals surface area contributed by atoms with Gasteiger partial charge in [-0.05, 0) is 18.1 Å². The maximum absolute atomic E-state index is 5.46. The predicted molar refractivity (Wildman–Crippen MR) is 94.3 cm³/mol. The number of hydrogen-bond acceptors (Lipinski definition) is 3. The molecule has 0 bridgehead atoms. The van der Waals surface area contributed by atoms with Crippen LogP contribution in [-0.2, 0) is 4.74 Å². The Morgan fingerprint density at radius 3 is 2.87 bits per heavy atom. The van der Waals surface area contributed by atoms with Gasteiger partial charge < -0.3 is 19.7 Å². The lowest BCUT2D eigenvalue weighted by Gasteiger charge is -2.24. The van der Waals surface area contributed by atoms with Crippen LogP contribution in [0.3, 0.4) is 0 Å². The summed E-state index contributed by atoms with van der Waals surface area (Å²) in [6.07, 6.45) is 1.16. The Hall–Kier alpha value is -1.75. The van der Waals surface area contributed by atoms with E-state index in [1.54, 1.807) is 14.2 Å². The average molecular weight is 319 g/mol. The molecule has 2 atom stereocenters. The zero-order valence-corrected chi connectivity index (χ0v) is 14.7. The molecule has 1 aliphatic rings. The maximum Gasteiger partial charge on any atom is 0.193 e. The fourth-order valence-electron chi connectivity index (χ4n) is 3.16. The smallest absolute Gasteiger partial charge is 0.193 e. The molecule has 1 aliphatic heterocycles. The highest BCUT2D eigenvalue weighted by atomic mass is 16.5. The first-order chi connectivity index (χ1) is 11.2. The highest BCUT2D eigenvalue weighted by Gasteiger charge is 2.25. The molecule has 0 aliphatic carbocycles. The Morgan fingerprint density at radius 2 is 2.17 bits per heavy atom. The average Bonchev–Trinajstić information content (AvgIpc) is 3.04. The van der Waals surface area contributed by atoms with Gasteiger partial charge in [-0.15, -0.1) is 0 Å². The van der Waals surface area contributed by atoms with Crippen molar-refractivity contribution in [2.24, 2.45) is 10.9 Å². The number of para-hydroxylation sites is 1. The first-order valence-electron chi connectivity index (χ1n) is 8.27. The van der Waals surface area contributed by atoms with Crippen LogP contribution in [0.25, 0.3) is 0 Å². The molecule has 1 aromatic carbocycles. The summed E-state index contributed by atoms with van der Waals surface area (Å²) in [5.74, 6) is 2.87. The Balaban J connectivity index is 1.91. The topological polar surface area (TPSA) is 46.1 Å². The predicted octanol–water partition coefficient (Wildman–Crippen LogP) is 2.34. The number of nitrogens with one attached hydrogen (secondary N) is 1. The van der Waals surface area contributed by atoms with E-state index in [-0.39, 0.29) is 0 Å². The van der Waals surface area contributed by atoms with Crippen molar-refractivity contribution in [1.29, 1.82) is 0 Å². The third-order valence-electron chi connectivity index (χ3n) is 4.44. The van der Waals surface area contributed by atoms with E-state index in [0.29, 0.717) is 11.8 Å². The molecule has 0 amide bonds. The van der Waals surface area contributed by atoms with Crippen molar-refractivity contribution in [3.8, 4) is 5.75 Å². The molecule has 5 nitrogen and oxygen atoms in total. The molecule has 2 unspecified atom stereocenters. The monoisotopic (exact) mass is 319 g/mol. The SMILES string of the molecule is CN=C(NCC(C)c1ccccc1OC)N1CCC(COC)C1. The van der Waals surface area contributed by atoms with Gasteiger partial charge in [0.1, 0.15) is 5.75 Å². The van der Waals surface area contributed by atoms with Gasteiger partial charge in [0.25, 0.3) is 0 Å². The van der Waals surface area contributed by atoms with E-state index in [0.717, 1.165) is 44.4 Å². The van der Waals surface area contributed by atoms with Crippen LogP contribution in [0.4, 0.5) is 0 Å². The molecule has 128 valence electrons. The number of rotatable bonds is 6. The van der Waals surface area contributed by atoms with E-state index in [1.165, 1.54) is 5.56 Å². The number of aliphatic imine (C=N–C) groups is 1. The van der Waals surface area contributed by atoms with Gasteiger partial charge in [0, 0.05) is 45.6 Å². The molecule has 0 radical (unpaired) electrons. The van der Waals surface area contributed by atoms with Gasteiger partial charge in [0.15, 0.2) is 5.96 Å². The lowest BCUT2D eigenvalue weighted by Crippen LogP contribution is -2.41. The second-order valence-corrected chi connectivity index (χ2v) is 6.13. The van der Waals surface area contributed by atoms with Crippen molar-refractivity contribution >= 4 is 5.96 Å². The number of guanidine groups is 1. The van der Waals surface area contributed by atoms with E-state index >= 15 is 0 Å². The Labute approximate surface area is 139 Å². The minimum atomic E-state index is 0.347. The number of benzene rings is 1. The number of ether oxygens (including phenoxy) is 2.